The van der Waals surface area contributed by atoms with Crippen molar-refractivity contribution < 1.29 is 31.4 Å². The normalized spacial score (nSPS) is 15.4. The number of halogens is 8. The molecule has 0 radical (unpaired) electrons. The van der Waals surface area contributed by atoms with E-state index in [1.165, 1.54) is 0 Å². The molecule has 0 amide bonds. The lowest BCUT2D eigenvalue weighted by atomic mass is 9.99. The largest absolute Gasteiger partial charge is 0.416 e. The van der Waals surface area contributed by atoms with E-state index in [-0.39, 0.29) is 17.4 Å². The van der Waals surface area contributed by atoms with Gasteiger partial charge in [-0.3, -0.25) is 0 Å². The fourth-order valence-electron chi connectivity index (χ4n) is 1.35. The predicted molar refractivity (Wildman–Crippen MR) is 62.7 cm³/mol. The fourth-order valence-corrected chi connectivity index (χ4v) is 1.59. The summed E-state index contributed by atoms with van der Waals surface area (Å²) in [7, 11) is 0. The van der Waals surface area contributed by atoms with Gasteiger partial charge in [0.1, 0.15) is 0 Å². The molecule has 116 valence electrons. The summed E-state index contributed by atoms with van der Waals surface area (Å²) in [6, 6.07) is -0.321. The Kier molecular flexibility index (Phi) is 6.16. The average Bonchev–Trinajstić information content (AvgIpc) is 2.25. The topological polar surface area (TPSA) is 46.2 Å². The molecule has 2 atom stereocenters. The summed E-state index contributed by atoms with van der Waals surface area (Å²) in [4.78, 5) is 0. The second-order valence-corrected chi connectivity index (χ2v) is 4.15. The van der Waals surface area contributed by atoms with Crippen LogP contribution in [-0.4, -0.2) is 17.4 Å². The standard InChI is InChI=1S/C10H8ClF6NO.ClH/c11-6-2-1-4(9(12,13)14)3-5(6)7(18)8(19)10(15,16)17;/h1-3,7-8,19H,18H2;1H/t7-,8-;/m0./s1. The first-order valence-electron chi connectivity index (χ1n) is 4.81. The van der Waals surface area contributed by atoms with Crippen LogP contribution in [0.25, 0.3) is 0 Å². The Hall–Kier alpha value is -0.700. The van der Waals surface area contributed by atoms with Gasteiger partial charge in [-0.25, -0.2) is 0 Å². The van der Waals surface area contributed by atoms with Crippen molar-refractivity contribution in [3.63, 3.8) is 0 Å². The minimum atomic E-state index is -5.06. The zero-order valence-electron chi connectivity index (χ0n) is 9.47. The molecule has 0 bridgehead atoms. The molecule has 0 aliphatic rings. The smallest absolute Gasteiger partial charge is 0.382 e. The summed E-state index contributed by atoms with van der Waals surface area (Å²) in [5, 5.41) is 8.55. The highest BCUT2D eigenvalue weighted by Gasteiger charge is 2.43. The van der Waals surface area contributed by atoms with E-state index >= 15 is 0 Å². The van der Waals surface area contributed by atoms with Crippen LogP contribution in [0.3, 0.4) is 0 Å². The van der Waals surface area contributed by atoms with Crippen LogP contribution >= 0.6 is 24.0 Å². The minimum absolute atomic E-state index is 0. The van der Waals surface area contributed by atoms with Crippen molar-refractivity contribution in [2.75, 3.05) is 0 Å². The van der Waals surface area contributed by atoms with Crippen LogP contribution in [0.2, 0.25) is 5.02 Å². The molecule has 0 fully saturated rings. The molecule has 0 saturated heterocycles. The van der Waals surface area contributed by atoms with Gasteiger partial charge in [-0.2, -0.15) is 26.3 Å². The Morgan fingerprint density at radius 1 is 1.10 bits per heavy atom. The van der Waals surface area contributed by atoms with E-state index in [0.717, 1.165) is 6.07 Å². The van der Waals surface area contributed by atoms with Crippen LogP contribution in [0.5, 0.6) is 0 Å². The number of alkyl halides is 6. The molecule has 0 spiro atoms. The lowest BCUT2D eigenvalue weighted by molar-refractivity contribution is -0.210. The van der Waals surface area contributed by atoms with Crippen molar-refractivity contribution >= 4 is 24.0 Å². The van der Waals surface area contributed by atoms with Crippen molar-refractivity contribution in [2.45, 2.75) is 24.5 Å². The Bertz CT molecular complexity index is 462. The third kappa shape index (κ3) is 4.41. The van der Waals surface area contributed by atoms with Crippen molar-refractivity contribution in [1.82, 2.24) is 0 Å². The molecule has 2 nitrogen and oxygen atoms in total. The average molecular weight is 344 g/mol. The van der Waals surface area contributed by atoms with Crippen LogP contribution in [0.4, 0.5) is 26.3 Å². The van der Waals surface area contributed by atoms with Crippen molar-refractivity contribution in [2.24, 2.45) is 5.73 Å². The molecule has 0 unspecified atom stereocenters. The number of hydrogen-bond acceptors (Lipinski definition) is 2. The maximum atomic E-state index is 12.4. The second kappa shape index (κ2) is 6.38. The molecule has 0 saturated carbocycles. The van der Waals surface area contributed by atoms with E-state index in [0.29, 0.717) is 12.1 Å². The molecule has 0 aliphatic carbocycles. The van der Waals surface area contributed by atoms with E-state index in [2.05, 4.69) is 0 Å². The number of aliphatic hydroxyl groups is 1. The van der Waals surface area contributed by atoms with Gasteiger partial charge in [0, 0.05) is 5.02 Å². The molecular weight excluding hydrogens is 335 g/mol. The molecule has 0 aromatic heterocycles. The van der Waals surface area contributed by atoms with Crippen molar-refractivity contribution in [1.29, 1.82) is 0 Å². The number of benzene rings is 1. The van der Waals surface area contributed by atoms with Crippen LogP contribution < -0.4 is 5.73 Å². The number of aliphatic hydroxyl groups excluding tert-OH is 1. The molecule has 0 aliphatic heterocycles. The Morgan fingerprint density at radius 3 is 2.00 bits per heavy atom. The third-order valence-electron chi connectivity index (χ3n) is 2.36. The van der Waals surface area contributed by atoms with E-state index in [1.54, 1.807) is 0 Å². The van der Waals surface area contributed by atoms with Crippen LogP contribution in [0.15, 0.2) is 18.2 Å². The highest BCUT2D eigenvalue weighted by Crippen LogP contribution is 2.36. The Labute approximate surface area is 120 Å². The molecule has 10 heteroatoms. The Balaban J connectivity index is 0.00000361. The van der Waals surface area contributed by atoms with Crippen LogP contribution in [0, 0.1) is 0 Å². The lowest BCUT2D eigenvalue weighted by Gasteiger charge is -2.23. The first-order chi connectivity index (χ1) is 8.44. The van der Waals surface area contributed by atoms with Gasteiger partial charge in [0.25, 0.3) is 0 Å². The van der Waals surface area contributed by atoms with E-state index in [1.807, 2.05) is 0 Å². The van der Waals surface area contributed by atoms with Crippen LogP contribution in [-0.2, 0) is 6.18 Å². The minimum Gasteiger partial charge on any atom is -0.382 e. The second-order valence-electron chi connectivity index (χ2n) is 3.75. The zero-order chi connectivity index (χ0) is 15.0. The van der Waals surface area contributed by atoms with E-state index < -0.39 is 35.6 Å². The first kappa shape index (κ1) is 19.3. The molecule has 1 rings (SSSR count). The number of nitrogens with two attached hydrogens (primary N) is 1. The quantitative estimate of drug-likeness (QED) is 0.804. The highest BCUT2D eigenvalue weighted by molar-refractivity contribution is 6.31. The summed E-state index contributed by atoms with van der Waals surface area (Å²) in [6.45, 7) is 0. The van der Waals surface area contributed by atoms with Gasteiger partial charge < -0.3 is 10.8 Å². The summed E-state index contributed by atoms with van der Waals surface area (Å²) < 4.78 is 74.1. The van der Waals surface area contributed by atoms with Crippen molar-refractivity contribution in [3.05, 3.63) is 34.3 Å². The van der Waals surface area contributed by atoms with Gasteiger partial charge in [-0.05, 0) is 23.8 Å². The van der Waals surface area contributed by atoms with E-state index in [9.17, 15) is 26.3 Å². The first-order valence-corrected chi connectivity index (χ1v) is 5.19. The third-order valence-corrected chi connectivity index (χ3v) is 2.70. The van der Waals surface area contributed by atoms with Gasteiger partial charge in [-0.15, -0.1) is 12.4 Å². The molecule has 0 heterocycles. The summed E-state index contributed by atoms with van der Waals surface area (Å²) in [6.07, 6.45) is -12.8. The molecule has 1 aromatic carbocycles. The maximum Gasteiger partial charge on any atom is 0.416 e. The van der Waals surface area contributed by atoms with Gasteiger partial charge >= 0.3 is 12.4 Å². The number of hydrogen-bond donors (Lipinski definition) is 2. The summed E-state index contributed by atoms with van der Waals surface area (Å²) in [5.74, 6) is 0. The predicted octanol–water partition coefficient (Wildman–Crippen LogP) is 3.70. The number of rotatable bonds is 2. The fraction of sp³-hybridized carbons (Fsp3) is 0.400. The summed E-state index contributed by atoms with van der Waals surface area (Å²) >= 11 is 5.51. The van der Waals surface area contributed by atoms with Gasteiger partial charge in [0.05, 0.1) is 11.6 Å². The molecular formula is C10H9Cl2F6NO. The van der Waals surface area contributed by atoms with Crippen LogP contribution in [0.1, 0.15) is 17.2 Å². The molecule has 3 N–H and O–H groups in total. The van der Waals surface area contributed by atoms with Gasteiger partial charge in [0.2, 0.25) is 0 Å². The van der Waals surface area contributed by atoms with Crippen molar-refractivity contribution in [3.8, 4) is 0 Å². The molecule has 1 aromatic rings. The van der Waals surface area contributed by atoms with Gasteiger partial charge in [0.15, 0.2) is 6.10 Å². The SMILES string of the molecule is Cl.N[C@@H](c1cc(C(F)(F)F)ccc1Cl)[C@H](O)C(F)(F)F. The lowest BCUT2D eigenvalue weighted by Crippen LogP contribution is -2.39. The van der Waals surface area contributed by atoms with Gasteiger partial charge in [-0.1, -0.05) is 11.6 Å². The Morgan fingerprint density at radius 2 is 1.60 bits per heavy atom. The highest BCUT2D eigenvalue weighted by atomic mass is 35.5. The molecule has 20 heavy (non-hydrogen) atoms. The summed E-state index contributed by atoms with van der Waals surface area (Å²) in [5.41, 5.74) is 3.29. The van der Waals surface area contributed by atoms with E-state index in [4.69, 9.17) is 22.4 Å². The maximum absolute atomic E-state index is 12.4. The zero-order valence-corrected chi connectivity index (χ0v) is 11.0. The monoisotopic (exact) mass is 343 g/mol.